The van der Waals surface area contributed by atoms with Gasteiger partial charge in [0.2, 0.25) is 5.91 Å². The number of hydrogen-bond donors (Lipinski definition) is 2. The van der Waals surface area contributed by atoms with Crippen molar-refractivity contribution in [3.63, 3.8) is 0 Å². The van der Waals surface area contributed by atoms with Crippen molar-refractivity contribution in [1.82, 2.24) is 15.5 Å². The zero-order chi connectivity index (χ0) is 16.1. The Labute approximate surface area is 136 Å². The van der Waals surface area contributed by atoms with Gasteiger partial charge in [-0.1, -0.05) is 0 Å². The Morgan fingerprint density at radius 3 is 2.64 bits per heavy atom. The van der Waals surface area contributed by atoms with Crippen molar-refractivity contribution in [1.29, 1.82) is 0 Å². The fraction of sp³-hybridized carbons (Fsp3) is 0.625. The first kappa shape index (κ1) is 16.8. The molecule has 122 valence electrons. The van der Waals surface area contributed by atoms with Crippen LogP contribution in [-0.2, 0) is 11.2 Å². The van der Waals surface area contributed by atoms with E-state index in [9.17, 15) is 9.59 Å². The summed E-state index contributed by atoms with van der Waals surface area (Å²) >= 11 is 1.76. The standard InChI is InChI=1S/C16H25N3O2S/c1-11(9-14-7-6-13(3)22-14)17-16(21)18-12(2)10-19-8-4-5-15(19)20/h6-7,11-12H,4-5,8-10H2,1-3H3,(H2,17,18,21)/t11-,12-/m1/s1. The maximum atomic E-state index is 12.0. The van der Waals surface area contributed by atoms with Crippen molar-refractivity contribution in [3.05, 3.63) is 21.9 Å². The van der Waals surface area contributed by atoms with Crippen LogP contribution >= 0.6 is 11.3 Å². The first-order valence-electron chi connectivity index (χ1n) is 7.84. The van der Waals surface area contributed by atoms with Gasteiger partial charge >= 0.3 is 6.03 Å². The first-order chi connectivity index (χ1) is 10.4. The highest BCUT2D eigenvalue weighted by molar-refractivity contribution is 7.11. The van der Waals surface area contributed by atoms with E-state index in [2.05, 4.69) is 29.7 Å². The molecule has 0 unspecified atom stereocenters. The molecule has 1 saturated heterocycles. The molecule has 0 radical (unpaired) electrons. The molecule has 1 aliphatic rings. The number of carbonyl (C=O) groups excluding carboxylic acids is 2. The van der Waals surface area contributed by atoms with Gasteiger partial charge < -0.3 is 15.5 Å². The lowest BCUT2D eigenvalue weighted by atomic mass is 10.2. The second-order valence-electron chi connectivity index (χ2n) is 6.08. The van der Waals surface area contributed by atoms with Crippen molar-refractivity contribution >= 4 is 23.3 Å². The quantitative estimate of drug-likeness (QED) is 0.844. The van der Waals surface area contributed by atoms with Gasteiger partial charge in [-0.2, -0.15) is 0 Å². The van der Waals surface area contributed by atoms with Gasteiger partial charge in [0.15, 0.2) is 0 Å². The second-order valence-corrected chi connectivity index (χ2v) is 7.45. The molecule has 1 fully saturated rings. The number of carbonyl (C=O) groups is 2. The van der Waals surface area contributed by atoms with Gasteiger partial charge in [-0.05, 0) is 39.3 Å². The molecular formula is C16H25N3O2S. The fourth-order valence-electron chi connectivity index (χ4n) is 2.71. The summed E-state index contributed by atoms with van der Waals surface area (Å²) in [4.78, 5) is 28.0. The largest absolute Gasteiger partial charge is 0.341 e. The van der Waals surface area contributed by atoms with E-state index in [1.54, 1.807) is 11.3 Å². The molecule has 0 saturated carbocycles. The molecule has 3 amide bonds. The van der Waals surface area contributed by atoms with Crippen molar-refractivity contribution < 1.29 is 9.59 Å². The average Bonchev–Trinajstić information content (AvgIpc) is 2.98. The monoisotopic (exact) mass is 323 g/mol. The molecule has 2 N–H and O–H groups in total. The minimum Gasteiger partial charge on any atom is -0.341 e. The van der Waals surface area contributed by atoms with Crippen LogP contribution in [0, 0.1) is 6.92 Å². The van der Waals surface area contributed by atoms with E-state index >= 15 is 0 Å². The van der Waals surface area contributed by atoms with Crippen LogP contribution in [0.15, 0.2) is 12.1 Å². The van der Waals surface area contributed by atoms with E-state index < -0.39 is 0 Å². The van der Waals surface area contributed by atoms with Crippen molar-refractivity contribution in [3.8, 4) is 0 Å². The molecule has 1 aromatic rings. The summed E-state index contributed by atoms with van der Waals surface area (Å²) in [6, 6.07) is 4.08. The van der Waals surface area contributed by atoms with Crippen molar-refractivity contribution in [2.75, 3.05) is 13.1 Å². The fourth-order valence-corrected chi connectivity index (χ4v) is 3.73. The molecule has 0 spiro atoms. The third kappa shape index (κ3) is 5.02. The third-order valence-electron chi connectivity index (χ3n) is 3.72. The number of nitrogens with zero attached hydrogens (tertiary/aromatic N) is 1. The van der Waals surface area contributed by atoms with E-state index in [1.165, 1.54) is 9.75 Å². The van der Waals surface area contributed by atoms with E-state index in [-0.39, 0.29) is 24.0 Å². The summed E-state index contributed by atoms with van der Waals surface area (Å²) in [6.45, 7) is 7.41. The molecule has 2 atom stereocenters. The summed E-state index contributed by atoms with van der Waals surface area (Å²) in [5, 5.41) is 5.87. The Bertz CT molecular complexity index is 529. The molecule has 2 rings (SSSR count). The Hall–Kier alpha value is -1.56. The highest BCUT2D eigenvalue weighted by Crippen LogP contribution is 2.16. The van der Waals surface area contributed by atoms with Crippen LogP contribution in [0.1, 0.15) is 36.4 Å². The van der Waals surface area contributed by atoms with Gasteiger partial charge in [-0.15, -0.1) is 11.3 Å². The average molecular weight is 323 g/mol. The number of urea groups is 1. The SMILES string of the molecule is Cc1ccc(C[C@@H](C)NC(=O)N[C@H](C)CN2CCCC2=O)s1. The normalized spacial score (nSPS) is 17.4. The van der Waals surface area contributed by atoms with Crippen LogP contribution in [0.4, 0.5) is 4.79 Å². The predicted molar refractivity (Wildman–Crippen MR) is 89.2 cm³/mol. The van der Waals surface area contributed by atoms with Gasteiger partial charge in [0, 0.05) is 47.8 Å². The number of hydrogen-bond acceptors (Lipinski definition) is 3. The van der Waals surface area contributed by atoms with Crippen molar-refractivity contribution in [2.24, 2.45) is 0 Å². The minimum atomic E-state index is -0.167. The van der Waals surface area contributed by atoms with E-state index in [1.807, 2.05) is 18.7 Å². The number of thiophene rings is 1. The van der Waals surface area contributed by atoms with Crippen LogP contribution in [0.2, 0.25) is 0 Å². The van der Waals surface area contributed by atoms with E-state index in [0.29, 0.717) is 13.0 Å². The maximum absolute atomic E-state index is 12.0. The highest BCUT2D eigenvalue weighted by Gasteiger charge is 2.22. The minimum absolute atomic E-state index is 0.0433. The van der Waals surface area contributed by atoms with Gasteiger partial charge in [0.05, 0.1) is 0 Å². The lowest BCUT2D eigenvalue weighted by molar-refractivity contribution is -0.127. The van der Waals surface area contributed by atoms with Crippen LogP contribution in [0.5, 0.6) is 0 Å². The first-order valence-corrected chi connectivity index (χ1v) is 8.66. The van der Waals surface area contributed by atoms with E-state index in [4.69, 9.17) is 0 Å². The Balaban J connectivity index is 1.71. The van der Waals surface area contributed by atoms with Crippen LogP contribution in [0.25, 0.3) is 0 Å². The Morgan fingerprint density at radius 1 is 1.32 bits per heavy atom. The molecule has 0 aromatic carbocycles. The Kier molecular flexibility index (Phi) is 5.83. The molecule has 0 bridgehead atoms. The molecule has 0 aliphatic carbocycles. The summed E-state index contributed by atoms with van der Waals surface area (Å²) in [5.74, 6) is 0.190. The highest BCUT2D eigenvalue weighted by atomic mass is 32.1. The predicted octanol–water partition coefficient (Wildman–Crippen LogP) is 2.30. The number of aryl methyl sites for hydroxylation is 1. The number of nitrogens with one attached hydrogen (secondary N) is 2. The molecule has 1 aliphatic heterocycles. The molecular weight excluding hydrogens is 298 g/mol. The van der Waals surface area contributed by atoms with Crippen LogP contribution < -0.4 is 10.6 Å². The van der Waals surface area contributed by atoms with Gasteiger partial charge in [-0.3, -0.25) is 4.79 Å². The molecule has 22 heavy (non-hydrogen) atoms. The van der Waals surface area contributed by atoms with Gasteiger partial charge in [0.1, 0.15) is 0 Å². The summed E-state index contributed by atoms with van der Waals surface area (Å²) in [7, 11) is 0. The zero-order valence-electron chi connectivity index (χ0n) is 13.5. The van der Waals surface area contributed by atoms with Crippen LogP contribution in [0.3, 0.4) is 0 Å². The second kappa shape index (κ2) is 7.63. The van der Waals surface area contributed by atoms with Crippen molar-refractivity contribution in [2.45, 2.75) is 52.1 Å². The number of likely N-dealkylation sites (tertiary alicyclic amines) is 1. The molecule has 5 nitrogen and oxygen atoms in total. The Morgan fingerprint density at radius 2 is 2.05 bits per heavy atom. The van der Waals surface area contributed by atoms with Gasteiger partial charge in [-0.25, -0.2) is 4.79 Å². The lowest BCUT2D eigenvalue weighted by Crippen LogP contribution is -2.48. The molecule has 1 aromatic heterocycles. The topological polar surface area (TPSA) is 61.4 Å². The number of amides is 3. The summed E-state index contributed by atoms with van der Waals surface area (Å²) < 4.78 is 0. The third-order valence-corrected chi connectivity index (χ3v) is 4.75. The van der Waals surface area contributed by atoms with Gasteiger partial charge in [0.25, 0.3) is 0 Å². The molecule has 6 heteroatoms. The zero-order valence-corrected chi connectivity index (χ0v) is 14.3. The maximum Gasteiger partial charge on any atom is 0.315 e. The lowest BCUT2D eigenvalue weighted by Gasteiger charge is -2.22. The summed E-state index contributed by atoms with van der Waals surface area (Å²) in [5.41, 5.74) is 0. The molecule has 2 heterocycles. The number of rotatable bonds is 6. The van der Waals surface area contributed by atoms with E-state index in [0.717, 1.165) is 19.4 Å². The smallest absolute Gasteiger partial charge is 0.315 e. The summed E-state index contributed by atoms with van der Waals surface area (Å²) in [6.07, 6.45) is 2.40. The van der Waals surface area contributed by atoms with Crippen LogP contribution in [-0.4, -0.2) is 42.0 Å².